The fourth-order valence-corrected chi connectivity index (χ4v) is 22.1. The highest BCUT2D eigenvalue weighted by atomic mass is 31.1. The lowest BCUT2D eigenvalue weighted by atomic mass is 9.76. The molecule has 258 valence electrons. The lowest BCUT2D eigenvalue weighted by molar-refractivity contribution is 0.221. The molecule has 0 bridgehead atoms. The van der Waals surface area contributed by atoms with Crippen LogP contribution in [0.15, 0.2) is 0 Å². The first kappa shape index (κ1) is 37.7. The summed E-state index contributed by atoms with van der Waals surface area (Å²) < 4.78 is 0. The van der Waals surface area contributed by atoms with Crippen molar-refractivity contribution in [3.8, 4) is 0 Å². The largest absolute Gasteiger partial charge is 0.0994 e. The van der Waals surface area contributed by atoms with Crippen molar-refractivity contribution in [1.29, 1.82) is 0 Å². The highest BCUT2D eigenvalue weighted by Gasteiger charge is 2.47. The summed E-state index contributed by atoms with van der Waals surface area (Å²) in [6.07, 6.45) is 21.6. The summed E-state index contributed by atoms with van der Waals surface area (Å²) in [5, 5.41) is 0. The van der Waals surface area contributed by atoms with E-state index >= 15 is 0 Å². The standard InChI is InChI=1S/C42H80P2/c1-27(2)35-17-13-31(9)23-39(35)43(40-24-32(10)14-18-36(40)28(3)4)21-22-44(41-25-33(11)15-19-37(41)29(5)6)42-26-34(12)16-20-38(42)30(7)8/h27-42H,13-26H2,1-12H3. The van der Waals surface area contributed by atoms with Crippen molar-refractivity contribution < 1.29 is 0 Å². The molecule has 0 aromatic carbocycles. The zero-order valence-electron chi connectivity index (χ0n) is 32.0. The number of rotatable bonds is 11. The molecule has 0 N–H and O–H groups in total. The van der Waals surface area contributed by atoms with Gasteiger partial charge in [-0.3, -0.25) is 0 Å². The van der Waals surface area contributed by atoms with Gasteiger partial charge < -0.3 is 0 Å². The smallest absolute Gasteiger partial charge is 0.0173 e. The van der Waals surface area contributed by atoms with Crippen LogP contribution in [-0.2, 0) is 0 Å². The summed E-state index contributed by atoms with van der Waals surface area (Å²) in [7, 11) is 0.133. The van der Waals surface area contributed by atoms with Gasteiger partial charge in [-0.15, -0.1) is 0 Å². The molecule has 2 heteroatoms. The fourth-order valence-electron chi connectivity index (χ4n) is 11.5. The van der Waals surface area contributed by atoms with E-state index in [0.29, 0.717) is 0 Å². The van der Waals surface area contributed by atoms with E-state index in [-0.39, 0.29) is 15.8 Å². The van der Waals surface area contributed by atoms with Crippen LogP contribution in [0.25, 0.3) is 0 Å². The highest BCUT2D eigenvalue weighted by molar-refractivity contribution is 7.63. The predicted octanol–water partition coefficient (Wildman–Crippen LogP) is 13.8. The van der Waals surface area contributed by atoms with Gasteiger partial charge in [-0.2, -0.15) is 0 Å². The van der Waals surface area contributed by atoms with Gasteiger partial charge in [-0.1, -0.05) is 125 Å². The summed E-state index contributed by atoms with van der Waals surface area (Å²) in [5.41, 5.74) is 4.16. The zero-order chi connectivity index (χ0) is 32.3. The average Bonchev–Trinajstić information content (AvgIpc) is 2.94. The van der Waals surface area contributed by atoms with Crippen LogP contribution >= 0.6 is 15.8 Å². The first-order valence-electron chi connectivity index (χ1n) is 20.3. The molecule has 0 aromatic rings. The lowest BCUT2D eigenvalue weighted by Crippen LogP contribution is -2.41. The number of hydrogen-bond donors (Lipinski definition) is 0. The van der Waals surface area contributed by atoms with Crippen molar-refractivity contribution in [2.75, 3.05) is 12.3 Å². The van der Waals surface area contributed by atoms with Crippen LogP contribution in [0.4, 0.5) is 0 Å². The molecule has 4 aliphatic rings. The summed E-state index contributed by atoms with van der Waals surface area (Å²) >= 11 is 0. The maximum Gasteiger partial charge on any atom is -0.0173 e. The Hall–Kier alpha value is 0.860. The van der Waals surface area contributed by atoms with E-state index in [1.807, 2.05) is 0 Å². The molecule has 4 aliphatic carbocycles. The van der Waals surface area contributed by atoms with Crippen molar-refractivity contribution in [1.82, 2.24) is 0 Å². The quantitative estimate of drug-likeness (QED) is 0.196. The van der Waals surface area contributed by atoms with Crippen LogP contribution in [-0.4, -0.2) is 35.0 Å². The van der Waals surface area contributed by atoms with E-state index in [1.54, 1.807) is 38.0 Å². The Bertz CT molecular complexity index is 700. The van der Waals surface area contributed by atoms with Gasteiger partial charge in [-0.05, 0) is 157 Å². The van der Waals surface area contributed by atoms with Gasteiger partial charge >= 0.3 is 0 Å². The minimum atomic E-state index is 0.0666. The van der Waals surface area contributed by atoms with Crippen LogP contribution in [0.2, 0.25) is 0 Å². The Kier molecular flexibility index (Phi) is 14.5. The van der Waals surface area contributed by atoms with Crippen LogP contribution in [0.1, 0.15) is 160 Å². The third-order valence-corrected chi connectivity index (χ3v) is 21.9. The van der Waals surface area contributed by atoms with Crippen LogP contribution < -0.4 is 0 Å². The van der Waals surface area contributed by atoms with Gasteiger partial charge in [0.25, 0.3) is 0 Å². The molecule has 44 heavy (non-hydrogen) atoms. The first-order chi connectivity index (χ1) is 20.8. The maximum absolute atomic E-state index is 2.63. The van der Waals surface area contributed by atoms with Crippen molar-refractivity contribution in [2.45, 2.75) is 183 Å². The molecule has 0 heterocycles. The Morgan fingerprint density at radius 3 is 0.750 bits per heavy atom. The van der Waals surface area contributed by atoms with E-state index in [1.165, 1.54) is 51.4 Å². The average molecular weight is 647 g/mol. The molecule has 0 amide bonds. The van der Waals surface area contributed by atoms with E-state index in [0.717, 1.165) is 93.7 Å². The molecule has 12 unspecified atom stereocenters. The fraction of sp³-hybridized carbons (Fsp3) is 1.00. The van der Waals surface area contributed by atoms with E-state index in [4.69, 9.17) is 0 Å². The SMILES string of the molecule is CC1CCC(C(C)C)C(P(CCP(C2CC(C)CCC2C(C)C)C2CC(C)CCC2C(C)C)C2CC(C)CCC2C(C)C)C1. The molecule has 0 aromatic heterocycles. The first-order valence-corrected chi connectivity index (χ1v) is 23.6. The van der Waals surface area contributed by atoms with Gasteiger partial charge in [0.15, 0.2) is 0 Å². The second-order valence-electron chi connectivity index (χ2n) is 19.0. The molecule has 0 saturated heterocycles. The number of hydrogen-bond acceptors (Lipinski definition) is 0. The molecule has 4 fully saturated rings. The summed E-state index contributed by atoms with van der Waals surface area (Å²) in [6.45, 7) is 31.3. The Morgan fingerprint density at radius 1 is 0.364 bits per heavy atom. The van der Waals surface area contributed by atoms with E-state index in [2.05, 4.69) is 83.1 Å². The van der Waals surface area contributed by atoms with Crippen LogP contribution in [0.5, 0.6) is 0 Å². The van der Waals surface area contributed by atoms with Gasteiger partial charge in [-0.25, -0.2) is 0 Å². The zero-order valence-corrected chi connectivity index (χ0v) is 33.8. The topological polar surface area (TPSA) is 0 Å². The van der Waals surface area contributed by atoms with Crippen molar-refractivity contribution in [3.05, 3.63) is 0 Å². The molecule has 4 saturated carbocycles. The molecule has 0 nitrogen and oxygen atoms in total. The second kappa shape index (κ2) is 17.0. The molecule has 0 radical (unpaired) electrons. The highest BCUT2D eigenvalue weighted by Crippen LogP contribution is 2.66. The molecule has 12 atom stereocenters. The van der Waals surface area contributed by atoms with Gasteiger partial charge in [0.05, 0.1) is 0 Å². The summed E-state index contributed by atoms with van der Waals surface area (Å²) in [5.74, 6) is 11.2. The third-order valence-electron chi connectivity index (χ3n) is 14.3. The minimum Gasteiger partial charge on any atom is -0.0994 e. The van der Waals surface area contributed by atoms with Gasteiger partial charge in [0.1, 0.15) is 0 Å². The molecular weight excluding hydrogens is 566 g/mol. The third kappa shape index (κ3) is 9.30. The van der Waals surface area contributed by atoms with Crippen LogP contribution in [0.3, 0.4) is 0 Å². The van der Waals surface area contributed by atoms with Crippen molar-refractivity contribution in [2.24, 2.45) is 71.0 Å². The van der Waals surface area contributed by atoms with Gasteiger partial charge in [0, 0.05) is 0 Å². The molecule has 4 rings (SSSR count). The molecular formula is C42H80P2. The van der Waals surface area contributed by atoms with E-state index in [9.17, 15) is 0 Å². The molecule has 0 spiro atoms. The van der Waals surface area contributed by atoms with E-state index < -0.39 is 0 Å². The molecule has 0 aliphatic heterocycles. The van der Waals surface area contributed by atoms with Crippen molar-refractivity contribution in [3.63, 3.8) is 0 Å². The predicted molar refractivity (Wildman–Crippen MR) is 204 cm³/mol. The minimum absolute atomic E-state index is 0.0666. The second-order valence-corrected chi connectivity index (χ2v) is 24.7. The Balaban J connectivity index is 1.74. The summed E-state index contributed by atoms with van der Waals surface area (Å²) in [4.78, 5) is 0. The maximum atomic E-state index is 2.63. The normalized spacial score (nSPS) is 42.3. The van der Waals surface area contributed by atoms with Crippen molar-refractivity contribution >= 4 is 15.8 Å². The Labute approximate surface area is 281 Å². The van der Waals surface area contributed by atoms with Crippen LogP contribution in [0, 0.1) is 71.0 Å². The monoisotopic (exact) mass is 647 g/mol. The Morgan fingerprint density at radius 2 is 0.568 bits per heavy atom. The summed E-state index contributed by atoms with van der Waals surface area (Å²) in [6, 6.07) is 0. The van der Waals surface area contributed by atoms with Gasteiger partial charge in [0.2, 0.25) is 0 Å². The lowest BCUT2D eigenvalue weighted by Gasteiger charge is -2.52.